The maximum atomic E-state index is 12.7. The van der Waals surface area contributed by atoms with Gasteiger partial charge < -0.3 is 20.7 Å². The van der Waals surface area contributed by atoms with Gasteiger partial charge in [0.1, 0.15) is 0 Å². The molecule has 7 heteroatoms. The molecule has 0 radical (unpaired) electrons. The molecule has 0 aliphatic carbocycles. The number of benzene rings is 1. The summed E-state index contributed by atoms with van der Waals surface area (Å²) >= 11 is 0. The third-order valence-electron chi connectivity index (χ3n) is 4.29. The molecule has 1 heterocycles. The van der Waals surface area contributed by atoms with Crippen LogP contribution >= 0.6 is 12.4 Å². The molecular weight excluding hydrogens is 342 g/mol. The number of halogens is 1. The standard InChI is InChI=1S/C18H27N3O3.ClH/c1-13(2)20-16(22)14-4-6-15(7-5-14)21-17(23)18(12-24-3)8-10-19-11-9-18;/h4-7,13,19H,8-12H2,1-3H3,(H,20,22)(H,21,23);1H. The van der Waals surface area contributed by atoms with E-state index in [0.717, 1.165) is 25.9 Å². The van der Waals surface area contributed by atoms with Gasteiger partial charge in [0, 0.05) is 24.4 Å². The van der Waals surface area contributed by atoms with E-state index in [1.165, 1.54) is 0 Å². The Labute approximate surface area is 155 Å². The van der Waals surface area contributed by atoms with Crippen LogP contribution in [-0.4, -0.2) is 44.7 Å². The van der Waals surface area contributed by atoms with Crippen LogP contribution in [0.2, 0.25) is 0 Å². The van der Waals surface area contributed by atoms with E-state index >= 15 is 0 Å². The molecule has 0 unspecified atom stereocenters. The minimum Gasteiger partial charge on any atom is -0.384 e. The lowest BCUT2D eigenvalue weighted by Crippen LogP contribution is -2.47. The van der Waals surface area contributed by atoms with E-state index in [2.05, 4.69) is 16.0 Å². The molecule has 0 saturated carbocycles. The third kappa shape index (κ3) is 5.70. The summed E-state index contributed by atoms with van der Waals surface area (Å²) in [6.45, 7) is 5.87. The van der Waals surface area contributed by atoms with E-state index in [4.69, 9.17) is 4.74 Å². The molecule has 25 heavy (non-hydrogen) atoms. The van der Waals surface area contributed by atoms with Gasteiger partial charge in [-0.2, -0.15) is 0 Å². The van der Waals surface area contributed by atoms with Crippen LogP contribution < -0.4 is 16.0 Å². The largest absolute Gasteiger partial charge is 0.384 e. The van der Waals surface area contributed by atoms with E-state index in [9.17, 15) is 9.59 Å². The molecule has 140 valence electrons. The van der Waals surface area contributed by atoms with Gasteiger partial charge in [0.05, 0.1) is 12.0 Å². The van der Waals surface area contributed by atoms with Crippen molar-refractivity contribution in [3.8, 4) is 0 Å². The number of amides is 2. The van der Waals surface area contributed by atoms with Crippen LogP contribution in [0.1, 0.15) is 37.0 Å². The highest BCUT2D eigenvalue weighted by atomic mass is 35.5. The van der Waals surface area contributed by atoms with Gasteiger partial charge in [-0.15, -0.1) is 12.4 Å². The van der Waals surface area contributed by atoms with E-state index in [-0.39, 0.29) is 30.3 Å². The monoisotopic (exact) mass is 369 g/mol. The van der Waals surface area contributed by atoms with Crippen molar-refractivity contribution in [2.24, 2.45) is 5.41 Å². The molecule has 1 aromatic rings. The number of carbonyl (C=O) groups is 2. The van der Waals surface area contributed by atoms with Crippen LogP contribution in [0.3, 0.4) is 0 Å². The molecule has 0 bridgehead atoms. The van der Waals surface area contributed by atoms with E-state index in [1.54, 1.807) is 31.4 Å². The lowest BCUT2D eigenvalue weighted by Gasteiger charge is -2.35. The normalized spacial score (nSPS) is 16.0. The summed E-state index contributed by atoms with van der Waals surface area (Å²) in [4.78, 5) is 24.7. The minimum atomic E-state index is -0.492. The van der Waals surface area contributed by atoms with Crippen LogP contribution in [0.15, 0.2) is 24.3 Å². The number of nitrogens with one attached hydrogen (secondary N) is 3. The van der Waals surface area contributed by atoms with Gasteiger partial charge in [-0.05, 0) is 64.0 Å². The van der Waals surface area contributed by atoms with Crippen molar-refractivity contribution in [1.82, 2.24) is 10.6 Å². The lowest BCUT2D eigenvalue weighted by molar-refractivity contribution is -0.130. The first kappa shape index (κ1) is 21.4. The number of carbonyl (C=O) groups excluding carboxylic acids is 2. The Morgan fingerprint density at radius 1 is 1.20 bits per heavy atom. The zero-order chi connectivity index (χ0) is 17.6. The summed E-state index contributed by atoms with van der Waals surface area (Å²) in [6, 6.07) is 7.05. The lowest BCUT2D eigenvalue weighted by atomic mass is 9.78. The quantitative estimate of drug-likeness (QED) is 0.718. The minimum absolute atomic E-state index is 0. The van der Waals surface area contributed by atoms with Crippen molar-refractivity contribution < 1.29 is 14.3 Å². The topological polar surface area (TPSA) is 79.5 Å². The zero-order valence-corrected chi connectivity index (χ0v) is 15.9. The SMILES string of the molecule is COCC1(C(=O)Nc2ccc(C(=O)NC(C)C)cc2)CCNCC1.Cl. The summed E-state index contributed by atoms with van der Waals surface area (Å²) in [7, 11) is 1.62. The van der Waals surface area contributed by atoms with Crippen molar-refractivity contribution in [1.29, 1.82) is 0 Å². The molecule has 1 aromatic carbocycles. The third-order valence-corrected chi connectivity index (χ3v) is 4.29. The fraction of sp³-hybridized carbons (Fsp3) is 0.556. The second kappa shape index (κ2) is 9.75. The second-order valence-corrected chi connectivity index (χ2v) is 6.62. The molecule has 0 aromatic heterocycles. The van der Waals surface area contributed by atoms with Crippen LogP contribution in [0.25, 0.3) is 0 Å². The highest BCUT2D eigenvalue weighted by Crippen LogP contribution is 2.30. The summed E-state index contributed by atoms with van der Waals surface area (Å²) in [5.74, 6) is -0.137. The number of anilines is 1. The molecule has 1 fully saturated rings. The summed E-state index contributed by atoms with van der Waals surface area (Å²) in [6.07, 6.45) is 1.50. The van der Waals surface area contributed by atoms with Crippen molar-refractivity contribution in [3.63, 3.8) is 0 Å². The maximum Gasteiger partial charge on any atom is 0.251 e. The molecule has 6 nitrogen and oxygen atoms in total. The highest BCUT2D eigenvalue weighted by molar-refractivity contribution is 5.97. The molecule has 2 rings (SSSR count). The Morgan fingerprint density at radius 2 is 1.80 bits per heavy atom. The zero-order valence-electron chi connectivity index (χ0n) is 15.1. The first-order valence-electron chi connectivity index (χ1n) is 8.39. The van der Waals surface area contributed by atoms with Crippen LogP contribution in [0.5, 0.6) is 0 Å². The van der Waals surface area contributed by atoms with E-state index in [1.807, 2.05) is 13.8 Å². The summed E-state index contributed by atoms with van der Waals surface area (Å²) < 4.78 is 5.29. The van der Waals surface area contributed by atoms with Gasteiger partial charge in [-0.3, -0.25) is 9.59 Å². The molecule has 1 saturated heterocycles. The van der Waals surface area contributed by atoms with Gasteiger partial charge in [0.2, 0.25) is 5.91 Å². The molecule has 0 atom stereocenters. The van der Waals surface area contributed by atoms with E-state index in [0.29, 0.717) is 17.9 Å². The Balaban J connectivity index is 0.00000312. The number of hydrogen-bond acceptors (Lipinski definition) is 4. The molecule has 1 aliphatic rings. The fourth-order valence-corrected chi connectivity index (χ4v) is 2.93. The predicted molar refractivity (Wildman–Crippen MR) is 101 cm³/mol. The molecule has 2 amide bonds. The highest BCUT2D eigenvalue weighted by Gasteiger charge is 2.39. The van der Waals surface area contributed by atoms with Gasteiger partial charge in [-0.25, -0.2) is 0 Å². The Morgan fingerprint density at radius 3 is 2.32 bits per heavy atom. The molecule has 0 spiro atoms. The van der Waals surface area contributed by atoms with Crippen LogP contribution in [-0.2, 0) is 9.53 Å². The first-order valence-corrected chi connectivity index (χ1v) is 8.39. The number of methoxy groups -OCH3 is 1. The van der Waals surface area contributed by atoms with Gasteiger partial charge in [-0.1, -0.05) is 0 Å². The van der Waals surface area contributed by atoms with E-state index < -0.39 is 5.41 Å². The maximum absolute atomic E-state index is 12.7. The van der Waals surface area contributed by atoms with Crippen molar-refractivity contribution in [2.75, 3.05) is 32.1 Å². The predicted octanol–water partition coefficient (Wildman–Crippen LogP) is 2.20. The number of piperidine rings is 1. The average molecular weight is 370 g/mol. The van der Waals surface area contributed by atoms with Crippen LogP contribution in [0.4, 0.5) is 5.69 Å². The second-order valence-electron chi connectivity index (χ2n) is 6.62. The van der Waals surface area contributed by atoms with Gasteiger partial charge in [0.15, 0.2) is 0 Å². The molecule has 3 N–H and O–H groups in total. The smallest absolute Gasteiger partial charge is 0.251 e. The van der Waals surface area contributed by atoms with Crippen molar-refractivity contribution in [2.45, 2.75) is 32.7 Å². The number of ether oxygens (including phenoxy) is 1. The van der Waals surface area contributed by atoms with Crippen LogP contribution in [0, 0.1) is 5.41 Å². The van der Waals surface area contributed by atoms with Gasteiger partial charge in [0.25, 0.3) is 5.91 Å². The summed E-state index contributed by atoms with van der Waals surface area (Å²) in [5, 5.41) is 9.08. The average Bonchev–Trinajstić information content (AvgIpc) is 2.56. The van der Waals surface area contributed by atoms with Crippen molar-refractivity contribution >= 4 is 29.9 Å². The Bertz CT molecular complexity index is 564. The van der Waals surface area contributed by atoms with Crippen molar-refractivity contribution in [3.05, 3.63) is 29.8 Å². The number of hydrogen-bond donors (Lipinski definition) is 3. The Kier molecular flexibility index (Phi) is 8.35. The molecule has 1 aliphatic heterocycles. The summed E-state index contributed by atoms with van der Waals surface area (Å²) in [5.41, 5.74) is 0.776. The fourth-order valence-electron chi connectivity index (χ4n) is 2.93. The Hall–Kier alpha value is -1.63. The molecular formula is C18H28ClN3O3. The van der Waals surface area contributed by atoms with Gasteiger partial charge >= 0.3 is 0 Å². The first-order chi connectivity index (χ1) is 11.5. The number of rotatable bonds is 6.